The van der Waals surface area contributed by atoms with Crippen LogP contribution in [0.3, 0.4) is 0 Å². The van der Waals surface area contributed by atoms with E-state index < -0.39 is 0 Å². The van der Waals surface area contributed by atoms with Crippen LogP contribution in [-0.2, 0) is 0 Å². The van der Waals surface area contributed by atoms with Crippen molar-refractivity contribution in [2.45, 2.75) is 33.7 Å². The van der Waals surface area contributed by atoms with E-state index in [4.69, 9.17) is 0 Å². The van der Waals surface area contributed by atoms with Crippen LogP contribution in [0.1, 0.15) is 36.8 Å². The van der Waals surface area contributed by atoms with Crippen molar-refractivity contribution < 1.29 is 4.39 Å². The molecule has 6 heteroatoms. The van der Waals surface area contributed by atoms with Crippen molar-refractivity contribution in [1.82, 2.24) is 20.3 Å². The van der Waals surface area contributed by atoms with Crippen molar-refractivity contribution in [2.75, 3.05) is 6.54 Å². The Morgan fingerprint density at radius 1 is 1.40 bits per heavy atom. The van der Waals surface area contributed by atoms with Gasteiger partial charge in [0.2, 0.25) is 0 Å². The maximum Gasteiger partial charge on any atom is 0.137 e. The maximum absolute atomic E-state index is 13.5. The molecule has 1 N–H and O–H groups in total. The summed E-state index contributed by atoms with van der Waals surface area (Å²) in [6.45, 7) is 8.81. The zero-order valence-electron chi connectivity index (χ0n) is 12.0. The molecule has 0 amide bonds. The first-order valence-electron chi connectivity index (χ1n) is 6.57. The highest BCUT2D eigenvalue weighted by atomic mass is 79.9. The summed E-state index contributed by atoms with van der Waals surface area (Å²) in [5, 5.41) is 11.8. The number of aromatic nitrogens is 3. The molecule has 1 aromatic carbocycles. The number of nitrogens with zero attached hydrogens (tertiary/aromatic N) is 3. The Kier molecular flexibility index (Phi) is 4.55. The second kappa shape index (κ2) is 6.01. The number of hydrogen-bond acceptors (Lipinski definition) is 3. The van der Waals surface area contributed by atoms with Gasteiger partial charge in [0.05, 0.1) is 21.9 Å². The molecule has 0 radical (unpaired) electrons. The van der Waals surface area contributed by atoms with Gasteiger partial charge in [-0.1, -0.05) is 12.1 Å². The standard InChI is InChI=1S/C14H18BrFN4/c1-5-17-9(3)14-10(4)20(19-18-14)13-7-11(15)12(16)6-8(13)2/h6-7,9,17H,5H2,1-4H3. The topological polar surface area (TPSA) is 42.7 Å². The SMILES string of the molecule is CCNC(C)c1nnn(-c2cc(Br)c(F)cc2C)c1C. The summed E-state index contributed by atoms with van der Waals surface area (Å²) >= 11 is 3.21. The zero-order valence-corrected chi connectivity index (χ0v) is 13.6. The molecule has 108 valence electrons. The molecule has 0 aliphatic heterocycles. The van der Waals surface area contributed by atoms with Crippen LogP contribution in [0.5, 0.6) is 0 Å². The maximum atomic E-state index is 13.5. The minimum Gasteiger partial charge on any atom is -0.309 e. The molecule has 0 spiro atoms. The summed E-state index contributed by atoms with van der Waals surface area (Å²) < 4.78 is 15.7. The Morgan fingerprint density at radius 3 is 2.75 bits per heavy atom. The van der Waals surface area contributed by atoms with Gasteiger partial charge in [0, 0.05) is 0 Å². The van der Waals surface area contributed by atoms with Crippen LogP contribution in [-0.4, -0.2) is 21.5 Å². The van der Waals surface area contributed by atoms with E-state index in [1.807, 2.05) is 13.8 Å². The fourth-order valence-corrected chi connectivity index (χ4v) is 2.57. The Morgan fingerprint density at radius 2 is 2.10 bits per heavy atom. The van der Waals surface area contributed by atoms with E-state index in [2.05, 4.69) is 45.4 Å². The predicted octanol–water partition coefficient (Wildman–Crippen LogP) is 3.46. The normalized spacial score (nSPS) is 12.7. The molecule has 1 atom stereocenters. The van der Waals surface area contributed by atoms with Crippen LogP contribution in [0, 0.1) is 19.7 Å². The van der Waals surface area contributed by atoms with E-state index >= 15 is 0 Å². The molecule has 20 heavy (non-hydrogen) atoms. The molecule has 0 saturated carbocycles. The van der Waals surface area contributed by atoms with Gasteiger partial charge < -0.3 is 5.32 Å². The van der Waals surface area contributed by atoms with E-state index in [0.29, 0.717) is 4.47 Å². The summed E-state index contributed by atoms with van der Waals surface area (Å²) in [4.78, 5) is 0. The zero-order chi connectivity index (χ0) is 14.9. The lowest BCUT2D eigenvalue weighted by Gasteiger charge is -2.12. The number of hydrogen-bond donors (Lipinski definition) is 1. The van der Waals surface area contributed by atoms with Crippen LogP contribution in [0.2, 0.25) is 0 Å². The van der Waals surface area contributed by atoms with E-state index in [-0.39, 0.29) is 11.9 Å². The van der Waals surface area contributed by atoms with Gasteiger partial charge in [-0.15, -0.1) is 5.10 Å². The Labute approximate surface area is 126 Å². The molecular formula is C14H18BrFN4. The molecule has 4 nitrogen and oxygen atoms in total. The highest BCUT2D eigenvalue weighted by Gasteiger charge is 2.17. The lowest BCUT2D eigenvalue weighted by atomic mass is 10.1. The third-order valence-electron chi connectivity index (χ3n) is 3.32. The minimum absolute atomic E-state index is 0.137. The number of rotatable bonds is 4. The van der Waals surface area contributed by atoms with Gasteiger partial charge in [-0.3, -0.25) is 0 Å². The van der Waals surface area contributed by atoms with Gasteiger partial charge in [0.25, 0.3) is 0 Å². The van der Waals surface area contributed by atoms with Gasteiger partial charge in [0.15, 0.2) is 0 Å². The first-order valence-corrected chi connectivity index (χ1v) is 7.36. The average molecular weight is 341 g/mol. The van der Waals surface area contributed by atoms with Gasteiger partial charge in [-0.25, -0.2) is 9.07 Å². The fourth-order valence-electron chi connectivity index (χ4n) is 2.24. The van der Waals surface area contributed by atoms with E-state index in [1.54, 1.807) is 10.7 Å². The third kappa shape index (κ3) is 2.76. The first kappa shape index (κ1) is 15.1. The Bertz CT molecular complexity index is 624. The monoisotopic (exact) mass is 340 g/mol. The van der Waals surface area contributed by atoms with Crippen LogP contribution in [0.25, 0.3) is 5.69 Å². The van der Waals surface area contributed by atoms with Gasteiger partial charge in [0.1, 0.15) is 11.5 Å². The van der Waals surface area contributed by atoms with Gasteiger partial charge in [-0.2, -0.15) is 0 Å². The Balaban J connectivity index is 2.47. The van der Waals surface area contributed by atoms with Crippen molar-refractivity contribution in [3.05, 3.63) is 39.4 Å². The fraction of sp³-hybridized carbons (Fsp3) is 0.429. The number of nitrogens with one attached hydrogen (secondary N) is 1. The Hall–Kier alpha value is -1.27. The molecule has 2 aromatic rings. The summed E-state index contributed by atoms with van der Waals surface area (Å²) in [6, 6.07) is 3.36. The highest BCUT2D eigenvalue weighted by molar-refractivity contribution is 9.10. The number of halogens is 2. The minimum atomic E-state index is -0.273. The lowest BCUT2D eigenvalue weighted by molar-refractivity contribution is 0.579. The summed E-state index contributed by atoms with van der Waals surface area (Å²) in [6.07, 6.45) is 0. The molecule has 0 saturated heterocycles. The smallest absolute Gasteiger partial charge is 0.137 e. The second-order valence-corrected chi connectivity index (χ2v) is 5.66. The van der Waals surface area contributed by atoms with E-state index in [9.17, 15) is 4.39 Å². The van der Waals surface area contributed by atoms with Crippen LogP contribution in [0.4, 0.5) is 4.39 Å². The third-order valence-corrected chi connectivity index (χ3v) is 3.93. The number of benzene rings is 1. The molecule has 0 aliphatic rings. The quantitative estimate of drug-likeness (QED) is 0.926. The summed E-state index contributed by atoms with van der Waals surface area (Å²) in [7, 11) is 0. The molecule has 1 aromatic heterocycles. The molecule has 2 rings (SSSR count). The molecule has 1 unspecified atom stereocenters. The van der Waals surface area contributed by atoms with Gasteiger partial charge >= 0.3 is 0 Å². The van der Waals surface area contributed by atoms with Crippen LogP contribution < -0.4 is 5.32 Å². The molecule has 0 bridgehead atoms. The van der Waals surface area contributed by atoms with Crippen molar-refractivity contribution in [2.24, 2.45) is 0 Å². The first-order chi connectivity index (χ1) is 9.45. The van der Waals surface area contributed by atoms with Crippen LogP contribution in [0.15, 0.2) is 16.6 Å². The molecule has 0 aliphatic carbocycles. The van der Waals surface area contributed by atoms with E-state index in [0.717, 1.165) is 29.2 Å². The van der Waals surface area contributed by atoms with Gasteiger partial charge in [-0.05, 0) is 60.9 Å². The van der Waals surface area contributed by atoms with Crippen molar-refractivity contribution in [3.8, 4) is 5.69 Å². The van der Waals surface area contributed by atoms with Crippen molar-refractivity contribution in [3.63, 3.8) is 0 Å². The van der Waals surface area contributed by atoms with Crippen LogP contribution >= 0.6 is 15.9 Å². The summed E-state index contributed by atoms with van der Waals surface area (Å²) in [5.74, 6) is -0.273. The van der Waals surface area contributed by atoms with Crippen molar-refractivity contribution in [1.29, 1.82) is 0 Å². The largest absolute Gasteiger partial charge is 0.309 e. The lowest BCUT2D eigenvalue weighted by Crippen LogP contribution is -2.19. The second-order valence-electron chi connectivity index (χ2n) is 4.80. The number of aryl methyl sites for hydroxylation is 1. The average Bonchev–Trinajstić information content (AvgIpc) is 2.76. The highest BCUT2D eigenvalue weighted by Crippen LogP contribution is 2.25. The molecular weight excluding hydrogens is 323 g/mol. The predicted molar refractivity (Wildman–Crippen MR) is 80.6 cm³/mol. The molecule has 1 heterocycles. The van der Waals surface area contributed by atoms with E-state index in [1.165, 1.54) is 6.07 Å². The van der Waals surface area contributed by atoms with Crippen molar-refractivity contribution >= 4 is 15.9 Å². The molecule has 0 fully saturated rings. The summed E-state index contributed by atoms with van der Waals surface area (Å²) in [5.41, 5.74) is 3.52.